The Hall–Kier alpha value is -1.89. The van der Waals surface area contributed by atoms with E-state index in [4.69, 9.17) is 9.47 Å². The summed E-state index contributed by atoms with van der Waals surface area (Å²) in [6.07, 6.45) is 1.94. The molecule has 0 unspecified atom stereocenters. The van der Waals surface area contributed by atoms with E-state index in [1.54, 1.807) is 19.4 Å². The number of carbonyl (C=O) groups is 1. The maximum absolute atomic E-state index is 11.3. The molecule has 7 nitrogen and oxygen atoms in total. The molecule has 0 aliphatic heterocycles. The molecule has 0 saturated heterocycles. The van der Waals surface area contributed by atoms with Gasteiger partial charge in [-0.15, -0.1) is 0 Å². The summed E-state index contributed by atoms with van der Waals surface area (Å²) < 4.78 is 15.3. The van der Waals surface area contributed by atoms with E-state index in [-0.39, 0.29) is 18.5 Å². The summed E-state index contributed by atoms with van der Waals surface area (Å²) in [6, 6.07) is 1.71. The standard InChI is InChI=1S/C14H23N3O4/c1-11(2)21-12-5-7-15-14(16-12)17(9-10-19-3)8-6-13(18)20-4/h5,7,11H,6,8-10H2,1-4H3. The van der Waals surface area contributed by atoms with Crippen LogP contribution in [0.25, 0.3) is 0 Å². The van der Waals surface area contributed by atoms with Crippen molar-refractivity contribution in [1.82, 2.24) is 9.97 Å². The van der Waals surface area contributed by atoms with Crippen LogP contribution in [-0.4, -0.2) is 56.0 Å². The molecule has 7 heteroatoms. The number of aromatic nitrogens is 2. The van der Waals surface area contributed by atoms with Crippen LogP contribution >= 0.6 is 0 Å². The van der Waals surface area contributed by atoms with Crippen molar-refractivity contribution in [3.8, 4) is 5.88 Å². The number of rotatable bonds is 9. The lowest BCUT2D eigenvalue weighted by molar-refractivity contribution is -0.140. The highest BCUT2D eigenvalue weighted by Crippen LogP contribution is 2.14. The summed E-state index contributed by atoms with van der Waals surface area (Å²) in [5.41, 5.74) is 0. The maximum Gasteiger partial charge on any atom is 0.307 e. The van der Waals surface area contributed by atoms with E-state index in [1.807, 2.05) is 18.7 Å². The van der Waals surface area contributed by atoms with Gasteiger partial charge in [0.05, 0.1) is 26.2 Å². The summed E-state index contributed by atoms with van der Waals surface area (Å²) in [5, 5.41) is 0. The van der Waals surface area contributed by atoms with E-state index in [1.165, 1.54) is 7.11 Å². The largest absolute Gasteiger partial charge is 0.475 e. The second-order valence-corrected chi connectivity index (χ2v) is 4.67. The highest BCUT2D eigenvalue weighted by atomic mass is 16.5. The lowest BCUT2D eigenvalue weighted by atomic mass is 10.4. The first-order chi connectivity index (χ1) is 10.1. The van der Waals surface area contributed by atoms with Crippen LogP contribution in [-0.2, 0) is 14.3 Å². The van der Waals surface area contributed by atoms with Crippen LogP contribution in [0.15, 0.2) is 12.3 Å². The van der Waals surface area contributed by atoms with Gasteiger partial charge in [-0.2, -0.15) is 4.98 Å². The molecule has 0 radical (unpaired) electrons. The minimum Gasteiger partial charge on any atom is -0.475 e. The molecule has 0 saturated carbocycles. The molecule has 1 rings (SSSR count). The zero-order valence-corrected chi connectivity index (χ0v) is 13.0. The molecule has 0 aliphatic carbocycles. The van der Waals surface area contributed by atoms with E-state index in [0.717, 1.165) is 0 Å². The average molecular weight is 297 g/mol. The monoisotopic (exact) mass is 297 g/mol. The van der Waals surface area contributed by atoms with Gasteiger partial charge in [0.2, 0.25) is 11.8 Å². The van der Waals surface area contributed by atoms with Crippen LogP contribution in [0.5, 0.6) is 5.88 Å². The Morgan fingerprint density at radius 3 is 2.71 bits per heavy atom. The van der Waals surface area contributed by atoms with Crippen LogP contribution in [0.3, 0.4) is 0 Å². The number of hydrogen-bond acceptors (Lipinski definition) is 7. The molecule has 1 heterocycles. The van der Waals surface area contributed by atoms with E-state index in [2.05, 4.69) is 14.7 Å². The van der Waals surface area contributed by atoms with E-state index in [9.17, 15) is 4.79 Å². The third-order valence-corrected chi connectivity index (χ3v) is 2.64. The van der Waals surface area contributed by atoms with Gasteiger partial charge in [-0.25, -0.2) is 4.98 Å². The van der Waals surface area contributed by atoms with Gasteiger partial charge < -0.3 is 19.1 Å². The van der Waals surface area contributed by atoms with Gasteiger partial charge in [0.15, 0.2) is 0 Å². The van der Waals surface area contributed by atoms with E-state index in [0.29, 0.717) is 31.5 Å². The lowest BCUT2D eigenvalue weighted by Gasteiger charge is -2.22. The molecule has 1 aromatic rings. The zero-order valence-electron chi connectivity index (χ0n) is 13.0. The molecule has 0 aliphatic rings. The Kier molecular flexibility index (Phi) is 7.45. The second-order valence-electron chi connectivity index (χ2n) is 4.67. The number of carbonyl (C=O) groups excluding carboxylic acids is 1. The predicted molar refractivity (Wildman–Crippen MR) is 78.5 cm³/mol. The van der Waals surface area contributed by atoms with Crippen molar-refractivity contribution in [1.29, 1.82) is 0 Å². The van der Waals surface area contributed by atoms with E-state index >= 15 is 0 Å². The Morgan fingerprint density at radius 2 is 2.10 bits per heavy atom. The van der Waals surface area contributed by atoms with Crippen LogP contribution in [0, 0.1) is 0 Å². The molecule has 0 N–H and O–H groups in total. The smallest absolute Gasteiger partial charge is 0.307 e. The van der Waals surface area contributed by atoms with Crippen molar-refractivity contribution in [3.63, 3.8) is 0 Å². The number of hydrogen-bond donors (Lipinski definition) is 0. The minimum atomic E-state index is -0.271. The molecule has 118 valence electrons. The van der Waals surface area contributed by atoms with Gasteiger partial charge in [0.25, 0.3) is 0 Å². The molecule has 0 amide bonds. The third kappa shape index (κ3) is 6.40. The van der Waals surface area contributed by atoms with Crippen molar-refractivity contribution >= 4 is 11.9 Å². The second kappa shape index (κ2) is 9.12. The molecule has 0 atom stereocenters. The van der Waals surface area contributed by atoms with Crippen LogP contribution in [0.2, 0.25) is 0 Å². The van der Waals surface area contributed by atoms with Crippen molar-refractivity contribution in [2.45, 2.75) is 26.4 Å². The number of anilines is 1. The summed E-state index contributed by atoms with van der Waals surface area (Å²) >= 11 is 0. The van der Waals surface area contributed by atoms with Crippen molar-refractivity contribution in [2.24, 2.45) is 0 Å². The van der Waals surface area contributed by atoms with Gasteiger partial charge in [-0.3, -0.25) is 4.79 Å². The SMILES string of the molecule is COCCN(CCC(=O)OC)c1nccc(OC(C)C)n1. The van der Waals surface area contributed by atoms with Crippen LogP contribution < -0.4 is 9.64 Å². The molecular formula is C14H23N3O4. The maximum atomic E-state index is 11.3. The fourth-order valence-electron chi connectivity index (χ4n) is 1.63. The van der Waals surface area contributed by atoms with Crippen molar-refractivity contribution < 1.29 is 19.0 Å². The zero-order chi connectivity index (χ0) is 15.7. The Balaban J connectivity index is 2.78. The summed E-state index contributed by atoms with van der Waals surface area (Å²) in [4.78, 5) is 21.7. The van der Waals surface area contributed by atoms with Crippen LogP contribution in [0.4, 0.5) is 5.95 Å². The molecule has 0 fully saturated rings. The topological polar surface area (TPSA) is 73.8 Å². The number of ether oxygens (including phenoxy) is 3. The van der Waals surface area contributed by atoms with Gasteiger partial charge in [0, 0.05) is 32.5 Å². The minimum absolute atomic E-state index is 0.0373. The first kappa shape index (κ1) is 17.2. The summed E-state index contributed by atoms with van der Waals surface area (Å²) in [5.74, 6) is 0.747. The summed E-state index contributed by atoms with van der Waals surface area (Å²) in [6.45, 7) is 5.42. The molecular weight excluding hydrogens is 274 g/mol. The molecule has 0 aromatic carbocycles. The fraction of sp³-hybridized carbons (Fsp3) is 0.643. The molecule has 21 heavy (non-hydrogen) atoms. The third-order valence-electron chi connectivity index (χ3n) is 2.64. The van der Waals surface area contributed by atoms with Gasteiger partial charge >= 0.3 is 5.97 Å². The van der Waals surface area contributed by atoms with Gasteiger partial charge in [-0.05, 0) is 13.8 Å². The highest BCUT2D eigenvalue weighted by molar-refractivity contribution is 5.69. The molecule has 0 bridgehead atoms. The van der Waals surface area contributed by atoms with Crippen LogP contribution in [0.1, 0.15) is 20.3 Å². The highest BCUT2D eigenvalue weighted by Gasteiger charge is 2.13. The van der Waals surface area contributed by atoms with Gasteiger partial charge in [-0.1, -0.05) is 0 Å². The van der Waals surface area contributed by atoms with Crippen molar-refractivity contribution in [2.75, 3.05) is 38.8 Å². The quantitative estimate of drug-likeness (QED) is 0.636. The van der Waals surface area contributed by atoms with Crippen molar-refractivity contribution in [3.05, 3.63) is 12.3 Å². The Morgan fingerprint density at radius 1 is 1.33 bits per heavy atom. The lowest BCUT2D eigenvalue weighted by Crippen LogP contribution is -2.31. The fourth-order valence-corrected chi connectivity index (χ4v) is 1.63. The number of nitrogens with zero attached hydrogens (tertiary/aromatic N) is 3. The summed E-state index contributed by atoms with van der Waals surface area (Å²) in [7, 11) is 2.99. The average Bonchev–Trinajstić information content (AvgIpc) is 2.46. The first-order valence-electron chi connectivity index (χ1n) is 6.87. The number of methoxy groups -OCH3 is 2. The predicted octanol–water partition coefficient (Wildman–Crippen LogP) is 1.28. The number of esters is 1. The normalized spacial score (nSPS) is 10.5. The van der Waals surface area contributed by atoms with E-state index < -0.39 is 0 Å². The van der Waals surface area contributed by atoms with Gasteiger partial charge in [0.1, 0.15) is 0 Å². The molecule has 1 aromatic heterocycles. The Bertz CT molecular complexity index is 440. The Labute approximate surface area is 125 Å². The molecule has 0 spiro atoms. The first-order valence-corrected chi connectivity index (χ1v) is 6.87.